The van der Waals surface area contributed by atoms with E-state index in [1.807, 2.05) is 48.5 Å². The molecule has 3 aromatic rings. The first kappa shape index (κ1) is 20.0. The minimum absolute atomic E-state index is 0.0907. The van der Waals surface area contributed by atoms with E-state index in [9.17, 15) is 4.79 Å². The summed E-state index contributed by atoms with van der Waals surface area (Å²) < 4.78 is 6.40. The van der Waals surface area contributed by atoms with Crippen molar-refractivity contribution >= 4 is 27.5 Å². The fourth-order valence-electron chi connectivity index (χ4n) is 3.83. The Hall–Kier alpha value is -2.28. The first-order chi connectivity index (χ1) is 14.1. The van der Waals surface area contributed by atoms with E-state index in [0.717, 1.165) is 41.7 Å². The number of piperidine rings is 1. The van der Waals surface area contributed by atoms with Crippen molar-refractivity contribution in [3.63, 3.8) is 0 Å². The molecule has 1 aliphatic heterocycles. The lowest BCUT2D eigenvalue weighted by molar-refractivity contribution is 0.0896. The van der Waals surface area contributed by atoms with Gasteiger partial charge in [-0.25, -0.2) is 4.98 Å². The summed E-state index contributed by atoms with van der Waals surface area (Å²) in [5.74, 6) is 0.442. The van der Waals surface area contributed by atoms with Crippen LogP contribution in [0.1, 0.15) is 45.7 Å². The van der Waals surface area contributed by atoms with E-state index in [0.29, 0.717) is 18.1 Å². The van der Waals surface area contributed by atoms with Gasteiger partial charge in [0.25, 0.3) is 5.91 Å². The molecule has 2 aromatic carbocycles. The standard InChI is InChI=1S/C23H27N3O2S/c1-26-12-10-17(11-13-26)23-25-19-9-8-18(14-21(19)29-23)22(27)24-20(15-28-2)16-6-4-3-5-7-16/h3-9,14,17,20H,10-13,15H2,1-2H3,(H,24,27)/t20-/m0/s1. The highest BCUT2D eigenvalue weighted by Gasteiger charge is 2.22. The van der Waals surface area contributed by atoms with Crippen LogP contribution in [0, 0.1) is 0 Å². The van der Waals surface area contributed by atoms with Crippen molar-refractivity contribution in [3.8, 4) is 0 Å². The van der Waals surface area contributed by atoms with Gasteiger partial charge in [-0.1, -0.05) is 30.3 Å². The van der Waals surface area contributed by atoms with Crippen LogP contribution in [0.4, 0.5) is 0 Å². The lowest BCUT2D eigenvalue weighted by Crippen LogP contribution is -2.31. The van der Waals surface area contributed by atoms with Gasteiger partial charge in [0.2, 0.25) is 0 Å². The molecular formula is C23H27N3O2S. The van der Waals surface area contributed by atoms with E-state index >= 15 is 0 Å². The van der Waals surface area contributed by atoms with Gasteiger partial charge in [-0.05, 0) is 56.7 Å². The Morgan fingerprint density at radius 1 is 1.24 bits per heavy atom. The third-order valence-electron chi connectivity index (χ3n) is 5.58. The number of ether oxygens (including phenoxy) is 1. The lowest BCUT2D eigenvalue weighted by atomic mass is 9.98. The number of methoxy groups -OCH3 is 1. The van der Waals surface area contributed by atoms with E-state index < -0.39 is 0 Å². The first-order valence-electron chi connectivity index (χ1n) is 10.1. The number of amides is 1. The Labute approximate surface area is 175 Å². The summed E-state index contributed by atoms with van der Waals surface area (Å²) in [5.41, 5.74) is 2.68. The number of hydrogen-bond acceptors (Lipinski definition) is 5. The number of thiazole rings is 1. The zero-order valence-electron chi connectivity index (χ0n) is 16.9. The van der Waals surface area contributed by atoms with Crippen molar-refractivity contribution in [2.45, 2.75) is 24.8 Å². The molecule has 152 valence electrons. The van der Waals surface area contributed by atoms with Crippen molar-refractivity contribution in [1.29, 1.82) is 0 Å². The van der Waals surface area contributed by atoms with Crippen LogP contribution >= 0.6 is 11.3 Å². The second-order valence-corrected chi connectivity index (χ2v) is 8.77. The SMILES string of the molecule is COC[C@H](NC(=O)c1ccc2nc(C3CCN(C)CC3)sc2c1)c1ccccc1. The molecule has 2 heterocycles. The third kappa shape index (κ3) is 4.66. The second-order valence-electron chi connectivity index (χ2n) is 7.70. The van der Waals surface area contributed by atoms with E-state index in [2.05, 4.69) is 17.3 Å². The van der Waals surface area contributed by atoms with Crippen LogP contribution in [0.15, 0.2) is 48.5 Å². The largest absolute Gasteiger partial charge is 0.382 e. The van der Waals surface area contributed by atoms with Crippen LogP contribution in [-0.2, 0) is 4.74 Å². The van der Waals surface area contributed by atoms with Crippen LogP contribution in [0.2, 0.25) is 0 Å². The highest BCUT2D eigenvalue weighted by molar-refractivity contribution is 7.18. The van der Waals surface area contributed by atoms with Crippen LogP contribution < -0.4 is 5.32 Å². The second kappa shape index (κ2) is 9.03. The Kier molecular flexibility index (Phi) is 6.23. The third-order valence-corrected chi connectivity index (χ3v) is 6.76. The van der Waals surface area contributed by atoms with E-state index in [1.165, 1.54) is 5.01 Å². The van der Waals surface area contributed by atoms with E-state index in [4.69, 9.17) is 9.72 Å². The van der Waals surface area contributed by atoms with Gasteiger partial charge in [0, 0.05) is 18.6 Å². The Morgan fingerprint density at radius 3 is 2.72 bits per heavy atom. The van der Waals surface area contributed by atoms with Crippen molar-refractivity contribution in [3.05, 3.63) is 64.7 Å². The fraction of sp³-hybridized carbons (Fsp3) is 0.391. The van der Waals surface area contributed by atoms with Gasteiger partial charge in [-0.2, -0.15) is 0 Å². The van der Waals surface area contributed by atoms with Crippen molar-refractivity contribution in [2.24, 2.45) is 0 Å². The number of benzene rings is 2. The molecule has 0 spiro atoms. The first-order valence-corrected chi connectivity index (χ1v) is 10.9. The number of rotatable bonds is 6. The molecule has 0 unspecified atom stereocenters. The molecule has 1 aromatic heterocycles. The molecule has 5 nitrogen and oxygen atoms in total. The van der Waals surface area contributed by atoms with Gasteiger partial charge >= 0.3 is 0 Å². The average molecular weight is 410 g/mol. The van der Waals surface area contributed by atoms with Gasteiger partial charge in [0.15, 0.2) is 0 Å². The molecule has 1 saturated heterocycles. The summed E-state index contributed by atoms with van der Waals surface area (Å²) in [5, 5.41) is 4.31. The molecular weight excluding hydrogens is 382 g/mol. The minimum atomic E-state index is -0.180. The van der Waals surface area contributed by atoms with Gasteiger partial charge in [0.1, 0.15) is 0 Å². The molecule has 1 atom stereocenters. The molecule has 1 fully saturated rings. The lowest BCUT2D eigenvalue weighted by Gasteiger charge is -2.27. The highest BCUT2D eigenvalue weighted by Crippen LogP contribution is 2.34. The maximum Gasteiger partial charge on any atom is 0.251 e. The molecule has 29 heavy (non-hydrogen) atoms. The molecule has 6 heteroatoms. The number of nitrogens with one attached hydrogen (secondary N) is 1. The van der Waals surface area contributed by atoms with Crippen LogP contribution in [0.5, 0.6) is 0 Å². The molecule has 1 aliphatic rings. The maximum absolute atomic E-state index is 12.9. The quantitative estimate of drug-likeness (QED) is 0.662. The Bertz CT molecular complexity index is 965. The van der Waals surface area contributed by atoms with Crippen molar-refractivity contribution < 1.29 is 9.53 Å². The molecule has 1 N–H and O–H groups in total. The molecule has 1 amide bonds. The van der Waals surface area contributed by atoms with Crippen LogP contribution in [0.25, 0.3) is 10.2 Å². The van der Waals surface area contributed by atoms with Gasteiger partial charge in [0.05, 0.1) is 27.9 Å². The molecule has 0 aliphatic carbocycles. The summed E-state index contributed by atoms with van der Waals surface area (Å²) >= 11 is 1.73. The fourth-order valence-corrected chi connectivity index (χ4v) is 5.00. The van der Waals surface area contributed by atoms with E-state index in [-0.39, 0.29) is 11.9 Å². The summed E-state index contributed by atoms with van der Waals surface area (Å²) in [7, 11) is 3.82. The van der Waals surface area contributed by atoms with Gasteiger partial charge < -0.3 is 15.0 Å². The molecule has 0 bridgehead atoms. The maximum atomic E-state index is 12.9. The smallest absolute Gasteiger partial charge is 0.251 e. The molecule has 0 saturated carbocycles. The predicted molar refractivity (Wildman–Crippen MR) is 118 cm³/mol. The monoisotopic (exact) mass is 409 g/mol. The number of likely N-dealkylation sites (tertiary alicyclic amines) is 1. The van der Waals surface area contributed by atoms with Gasteiger partial charge in [-0.3, -0.25) is 4.79 Å². The molecule has 0 radical (unpaired) electrons. The highest BCUT2D eigenvalue weighted by atomic mass is 32.1. The van der Waals surface area contributed by atoms with Crippen molar-refractivity contribution in [2.75, 3.05) is 33.9 Å². The van der Waals surface area contributed by atoms with Crippen molar-refractivity contribution in [1.82, 2.24) is 15.2 Å². The minimum Gasteiger partial charge on any atom is -0.382 e. The van der Waals surface area contributed by atoms with Crippen LogP contribution in [-0.4, -0.2) is 49.6 Å². The van der Waals surface area contributed by atoms with Crippen LogP contribution in [0.3, 0.4) is 0 Å². The predicted octanol–water partition coefficient (Wildman–Crippen LogP) is 4.22. The summed E-state index contributed by atoms with van der Waals surface area (Å²) in [4.78, 5) is 20.1. The average Bonchev–Trinajstić information content (AvgIpc) is 3.18. The topological polar surface area (TPSA) is 54.5 Å². The number of carbonyl (C=O) groups excluding carboxylic acids is 1. The van der Waals surface area contributed by atoms with E-state index in [1.54, 1.807) is 18.4 Å². The summed E-state index contributed by atoms with van der Waals surface area (Å²) in [6.07, 6.45) is 2.30. The zero-order valence-corrected chi connectivity index (χ0v) is 17.7. The Balaban J connectivity index is 1.51. The summed E-state index contributed by atoms with van der Waals surface area (Å²) in [6, 6.07) is 15.5. The zero-order chi connectivity index (χ0) is 20.2. The normalized spacial score (nSPS) is 16.8. The number of aromatic nitrogens is 1. The Morgan fingerprint density at radius 2 is 2.00 bits per heavy atom. The number of hydrogen-bond donors (Lipinski definition) is 1. The number of fused-ring (bicyclic) bond motifs is 1. The van der Waals surface area contributed by atoms with Gasteiger partial charge in [-0.15, -0.1) is 11.3 Å². The number of nitrogens with zero attached hydrogens (tertiary/aromatic N) is 2. The molecule has 4 rings (SSSR count). The summed E-state index contributed by atoms with van der Waals surface area (Å²) in [6.45, 7) is 2.67. The number of carbonyl (C=O) groups is 1.